The minimum absolute atomic E-state index is 0.694. The van der Waals surface area contributed by atoms with Crippen LogP contribution in [0.3, 0.4) is 0 Å². The van der Waals surface area contributed by atoms with E-state index >= 15 is 0 Å². The van der Waals surface area contributed by atoms with Crippen molar-refractivity contribution in [2.75, 3.05) is 6.54 Å². The van der Waals surface area contributed by atoms with E-state index in [1.54, 1.807) is 0 Å². The predicted octanol–water partition coefficient (Wildman–Crippen LogP) is 2.42. The van der Waals surface area contributed by atoms with Gasteiger partial charge in [0.1, 0.15) is 0 Å². The summed E-state index contributed by atoms with van der Waals surface area (Å²) in [5.41, 5.74) is 0. The lowest BCUT2D eigenvalue weighted by atomic mass is 10.0. The summed E-state index contributed by atoms with van der Waals surface area (Å²) in [5.74, 6) is 0.869. The Morgan fingerprint density at radius 3 is 2.20 bits per heavy atom. The molecule has 0 radical (unpaired) electrons. The lowest BCUT2D eigenvalue weighted by molar-refractivity contribution is 0.419. The fourth-order valence-electron chi connectivity index (χ4n) is 1.20. The van der Waals surface area contributed by atoms with Gasteiger partial charge in [0.25, 0.3) is 0 Å². The van der Waals surface area contributed by atoms with Gasteiger partial charge in [0.05, 0.1) is 0 Å². The van der Waals surface area contributed by atoms with Crippen LogP contribution in [0.1, 0.15) is 40.5 Å². The van der Waals surface area contributed by atoms with E-state index in [9.17, 15) is 0 Å². The van der Waals surface area contributed by atoms with Crippen molar-refractivity contribution in [3.8, 4) is 0 Å². The van der Waals surface area contributed by atoms with Crippen molar-refractivity contribution in [1.82, 2.24) is 5.32 Å². The molecule has 0 aromatic rings. The highest BCUT2D eigenvalue weighted by atomic mass is 14.9. The van der Waals surface area contributed by atoms with Crippen LogP contribution in [0.2, 0.25) is 0 Å². The minimum atomic E-state index is 0.694. The molecule has 0 heterocycles. The molecule has 10 heavy (non-hydrogen) atoms. The molecule has 0 saturated heterocycles. The Balaban J connectivity index is 3.27. The van der Waals surface area contributed by atoms with Crippen molar-refractivity contribution in [3.63, 3.8) is 0 Å². The molecular weight excluding hydrogens is 122 g/mol. The van der Waals surface area contributed by atoms with E-state index in [0.29, 0.717) is 6.04 Å². The van der Waals surface area contributed by atoms with Gasteiger partial charge in [-0.1, -0.05) is 27.2 Å². The van der Waals surface area contributed by atoms with Gasteiger partial charge in [-0.3, -0.25) is 0 Å². The topological polar surface area (TPSA) is 12.0 Å². The normalized spacial score (nSPS) is 16.8. The smallest absolute Gasteiger partial charge is 0.00411 e. The summed E-state index contributed by atoms with van der Waals surface area (Å²) >= 11 is 0. The molecule has 0 rings (SSSR count). The van der Waals surface area contributed by atoms with Crippen LogP contribution in [-0.2, 0) is 0 Å². The van der Waals surface area contributed by atoms with E-state index in [1.807, 2.05) is 0 Å². The van der Waals surface area contributed by atoms with Crippen molar-refractivity contribution in [2.45, 2.75) is 46.6 Å². The van der Waals surface area contributed by atoms with Crippen molar-refractivity contribution >= 4 is 0 Å². The van der Waals surface area contributed by atoms with Gasteiger partial charge in [-0.15, -0.1) is 0 Å². The first-order valence-corrected chi connectivity index (χ1v) is 4.44. The SMILES string of the molecule is CCN[C@@H](C)C[C@@H](C)CC. The number of rotatable bonds is 5. The molecule has 0 bridgehead atoms. The first kappa shape index (κ1) is 9.96. The number of hydrogen-bond donors (Lipinski definition) is 1. The minimum Gasteiger partial charge on any atom is -0.315 e. The van der Waals surface area contributed by atoms with Gasteiger partial charge in [0, 0.05) is 6.04 Å². The van der Waals surface area contributed by atoms with Crippen LogP contribution in [0.5, 0.6) is 0 Å². The molecule has 1 nitrogen and oxygen atoms in total. The van der Waals surface area contributed by atoms with E-state index in [2.05, 4.69) is 33.0 Å². The molecule has 0 aliphatic carbocycles. The van der Waals surface area contributed by atoms with Crippen LogP contribution >= 0.6 is 0 Å². The highest BCUT2D eigenvalue weighted by molar-refractivity contribution is 4.62. The average molecular weight is 143 g/mol. The molecule has 62 valence electrons. The van der Waals surface area contributed by atoms with E-state index in [0.717, 1.165) is 12.5 Å². The Bertz CT molecular complexity index is 71.1. The second-order valence-electron chi connectivity index (χ2n) is 3.21. The lowest BCUT2D eigenvalue weighted by Crippen LogP contribution is -2.27. The molecule has 1 heteroatoms. The maximum atomic E-state index is 3.41. The fraction of sp³-hybridized carbons (Fsp3) is 1.00. The molecule has 0 amide bonds. The Morgan fingerprint density at radius 2 is 1.80 bits per heavy atom. The molecule has 0 unspecified atom stereocenters. The van der Waals surface area contributed by atoms with Crippen molar-refractivity contribution in [2.24, 2.45) is 5.92 Å². The van der Waals surface area contributed by atoms with E-state index < -0.39 is 0 Å². The monoisotopic (exact) mass is 143 g/mol. The van der Waals surface area contributed by atoms with Gasteiger partial charge < -0.3 is 5.32 Å². The summed E-state index contributed by atoms with van der Waals surface area (Å²) in [7, 11) is 0. The Kier molecular flexibility index (Phi) is 5.70. The summed E-state index contributed by atoms with van der Waals surface area (Å²) in [6.45, 7) is 10.1. The van der Waals surface area contributed by atoms with Gasteiger partial charge in [-0.05, 0) is 25.8 Å². The zero-order valence-electron chi connectivity index (χ0n) is 7.78. The molecule has 1 N–H and O–H groups in total. The third-order valence-electron chi connectivity index (χ3n) is 2.01. The summed E-state index contributed by atoms with van der Waals surface area (Å²) < 4.78 is 0. The number of nitrogens with one attached hydrogen (secondary N) is 1. The molecule has 0 aliphatic rings. The maximum Gasteiger partial charge on any atom is 0.00411 e. The van der Waals surface area contributed by atoms with Gasteiger partial charge in [-0.2, -0.15) is 0 Å². The molecule has 0 aliphatic heterocycles. The molecule has 0 saturated carbocycles. The summed E-state index contributed by atoms with van der Waals surface area (Å²) in [5, 5.41) is 3.41. The van der Waals surface area contributed by atoms with E-state index in [4.69, 9.17) is 0 Å². The van der Waals surface area contributed by atoms with Gasteiger partial charge in [0.2, 0.25) is 0 Å². The first-order chi connectivity index (χ1) is 4.70. The molecular formula is C9H21N. The van der Waals surface area contributed by atoms with Crippen molar-refractivity contribution < 1.29 is 0 Å². The molecule has 0 fully saturated rings. The first-order valence-electron chi connectivity index (χ1n) is 4.44. The second-order valence-corrected chi connectivity index (χ2v) is 3.21. The lowest BCUT2D eigenvalue weighted by Gasteiger charge is -2.15. The van der Waals surface area contributed by atoms with Crippen LogP contribution in [0.15, 0.2) is 0 Å². The maximum absolute atomic E-state index is 3.41. The van der Waals surface area contributed by atoms with Gasteiger partial charge in [0.15, 0.2) is 0 Å². The molecule has 0 aromatic heterocycles. The molecule has 0 aromatic carbocycles. The second kappa shape index (κ2) is 5.72. The highest BCUT2D eigenvalue weighted by Crippen LogP contribution is 2.08. The van der Waals surface area contributed by atoms with Crippen molar-refractivity contribution in [3.05, 3.63) is 0 Å². The van der Waals surface area contributed by atoms with Crippen LogP contribution in [0.4, 0.5) is 0 Å². The van der Waals surface area contributed by atoms with E-state index in [-0.39, 0.29) is 0 Å². The fourth-order valence-corrected chi connectivity index (χ4v) is 1.20. The Hall–Kier alpha value is -0.0400. The Labute approximate surface area is 65.2 Å². The third-order valence-corrected chi connectivity index (χ3v) is 2.01. The largest absolute Gasteiger partial charge is 0.315 e. The van der Waals surface area contributed by atoms with Crippen LogP contribution in [0, 0.1) is 5.92 Å². The summed E-state index contributed by atoms with van der Waals surface area (Å²) in [6.07, 6.45) is 2.61. The van der Waals surface area contributed by atoms with Crippen molar-refractivity contribution in [1.29, 1.82) is 0 Å². The van der Waals surface area contributed by atoms with Gasteiger partial charge >= 0.3 is 0 Å². The van der Waals surface area contributed by atoms with Crippen LogP contribution < -0.4 is 5.32 Å². The standard InChI is InChI=1S/C9H21N/c1-5-8(3)7-9(4)10-6-2/h8-10H,5-7H2,1-4H3/t8-,9-/m0/s1. The zero-order chi connectivity index (χ0) is 7.98. The highest BCUT2D eigenvalue weighted by Gasteiger charge is 2.04. The zero-order valence-corrected chi connectivity index (χ0v) is 7.78. The van der Waals surface area contributed by atoms with Crippen LogP contribution in [0.25, 0.3) is 0 Å². The number of hydrogen-bond acceptors (Lipinski definition) is 1. The third kappa shape index (κ3) is 4.80. The van der Waals surface area contributed by atoms with Gasteiger partial charge in [-0.25, -0.2) is 0 Å². The molecule has 0 spiro atoms. The van der Waals surface area contributed by atoms with E-state index in [1.165, 1.54) is 12.8 Å². The van der Waals surface area contributed by atoms with Crippen LogP contribution in [-0.4, -0.2) is 12.6 Å². The Morgan fingerprint density at radius 1 is 1.20 bits per heavy atom. The summed E-state index contributed by atoms with van der Waals surface area (Å²) in [4.78, 5) is 0. The summed E-state index contributed by atoms with van der Waals surface area (Å²) in [6, 6.07) is 0.694. The average Bonchev–Trinajstić information content (AvgIpc) is 1.88. The predicted molar refractivity (Wildman–Crippen MR) is 47.2 cm³/mol. The quantitative estimate of drug-likeness (QED) is 0.623. The molecule has 2 atom stereocenters.